The number of aliphatic hydroxyl groups excluding tert-OH is 1. The Morgan fingerprint density at radius 1 is 1.40 bits per heavy atom. The van der Waals surface area contributed by atoms with Gasteiger partial charge in [0.15, 0.2) is 0 Å². The average molecular weight is 278 g/mol. The molecule has 20 heavy (non-hydrogen) atoms. The summed E-state index contributed by atoms with van der Waals surface area (Å²) in [5.41, 5.74) is 6.65. The standard InChI is InChI=1S/C16H26N2O2/c1-2-18(10-13-7-8-13)11-15(19)12-20-16-6-4-3-5-14(16)9-17/h3-6,13,15,19H,2,7-12,17H2,1H3. The topological polar surface area (TPSA) is 58.7 Å². The molecule has 1 atom stereocenters. The van der Waals surface area contributed by atoms with E-state index in [0.717, 1.165) is 30.3 Å². The highest BCUT2D eigenvalue weighted by Gasteiger charge is 2.24. The number of nitrogens with two attached hydrogens (primary N) is 1. The molecule has 0 aromatic heterocycles. The zero-order valence-electron chi connectivity index (χ0n) is 12.3. The first-order chi connectivity index (χ1) is 9.72. The summed E-state index contributed by atoms with van der Waals surface area (Å²) in [7, 11) is 0. The third-order valence-electron chi connectivity index (χ3n) is 3.75. The molecule has 1 aliphatic carbocycles. The summed E-state index contributed by atoms with van der Waals surface area (Å²) in [6.07, 6.45) is 2.22. The maximum absolute atomic E-state index is 10.1. The highest BCUT2D eigenvalue weighted by molar-refractivity contribution is 5.32. The van der Waals surface area contributed by atoms with Crippen molar-refractivity contribution in [3.8, 4) is 5.75 Å². The van der Waals surface area contributed by atoms with Gasteiger partial charge in [-0.15, -0.1) is 0 Å². The van der Waals surface area contributed by atoms with Gasteiger partial charge in [0.2, 0.25) is 0 Å². The summed E-state index contributed by atoms with van der Waals surface area (Å²) in [6.45, 7) is 5.67. The highest BCUT2D eigenvalue weighted by Crippen LogP contribution is 2.29. The van der Waals surface area contributed by atoms with E-state index in [0.29, 0.717) is 19.7 Å². The fourth-order valence-corrected chi connectivity index (χ4v) is 2.35. The van der Waals surface area contributed by atoms with Gasteiger partial charge in [0.25, 0.3) is 0 Å². The Morgan fingerprint density at radius 2 is 2.15 bits per heavy atom. The van der Waals surface area contributed by atoms with Crippen LogP contribution in [-0.4, -0.2) is 42.4 Å². The number of hydrogen-bond donors (Lipinski definition) is 2. The van der Waals surface area contributed by atoms with E-state index < -0.39 is 6.10 Å². The highest BCUT2D eigenvalue weighted by atomic mass is 16.5. The molecule has 0 amide bonds. The molecule has 2 rings (SSSR count). The molecular weight excluding hydrogens is 252 g/mol. The quantitative estimate of drug-likeness (QED) is 0.720. The Balaban J connectivity index is 1.77. The number of rotatable bonds is 9. The molecular formula is C16H26N2O2. The Morgan fingerprint density at radius 3 is 2.80 bits per heavy atom. The van der Waals surface area contributed by atoms with Gasteiger partial charge in [0.05, 0.1) is 0 Å². The second kappa shape index (κ2) is 7.62. The van der Waals surface area contributed by atoms with E-state index in [9.17, 15) is 5.11 Å². The third kappa shape index (κ3) is 4.78. The molecule has 4 heteroatoms. The van der Waals surface area contributed by atoms with Crippen LogP contribution in [0.1, 0.15) is 25.3 Å². The van der Waals surface area contributed by atoms with Crippen molar-refractivity contribution in [2.45, 2.75) is 32.4 Å². The third-order valence-corrected chi connectivity index (χ3v) is 3.75. The molecule has 0 saturated heterocycles. The number of hydrogen-bond acceptors (Lipinski definition) is 4. The van der Waals surface area contributed by atoms with Gasteiger partial charge in [-0.2, -0.15) is 0 Å². The minimum atomic E-state index is -0.459. The Hall–Kier alpha value is -1.10. The SMILES string of the molecule is CCN(CC(O)COc1ccccc1CN)CC1CC1. The number of aliphatic hydroxyl groups is 1. The van der Waals surface area contributed by atoms with Crippen LogP contribution in [0, 0.1) is 5.92 Å². The molecule has 0 bridgehead atoms. The number of likely N-dealkylation sites (N-methyl/N-ethyl adjacent to an activating group) is 1. The van der Waals surface area contributed by atoms with Gasteiger partial charge >= 0.3 is 0 Å². The molecule has 0 radical (unpaired) electrons. The summed E-state index contributed by atoms with van der Waals surface area (Å²) in [6, 6.07) is 7.72. The molecule has 3 N–H and O–H groups in total. The van der Waals surface area contributed by atoms with Crippen LogP contribution in [-0.2, 0) is 6.54 Å². The number of para-hydroxylation sites is 1. The molecule has 1 aromatic carbocycles. The average Bonchev–Trinajstić information content (AvgIpc) is 3.28. The van der Waals surface area contributed by atoms with E-state index in [2.05, 4.69) is 11.8 Å². The van der Waals surface area contributed by atoms with Crippen molar-refractivity contribution >= 4 is 0 Å². The zero-order chi connectivity index (χ0) is 14.4. The van der Waals surface area contributed by atoms with Gasteiger partial charge in [-0.1, -0.05) is 25.1 Å². The molecule has 1 fully saturated rings. The first-order valence-electron chi connectivity index (χ1n) is 7.54. The van der Waals surface area contributed by atoms with E-state index in [1.165, 1.54) is 12.8 Å². The van der Waals surface area contributed by atoms with Gasteiger partial charge in [-0.3, -0.25) is 0 Å². The maximum Gasteiger partial charge on any atom is 0.123 e. The second-order valence-corrected chi connectivity index (χ2v) is 5.57. The van der Waals surface area contributed by atoms with Gasteiger partial charge < -0.3 is 20.5 Å². The molecule has 1 saturated carbocycles. The minimum Gasteiger partial charge on any atom is -0.491 e. The van der Waals surface area contributed by atoms with Crippen molar-refractivity contribution in [1.82, 2.24) is 4.90 Å². The second-order valence-electron chi connectivity index (χ2n) is 5.57. The van der Waals surface area contributed by atoms with Crippen LogP contribution in [0.3, 0.4) is 0 Å². The number of nitrogens with zero attached hydrogens (tertiary/aromatic N) is 1. The lowest BCUT2D eigenvalue weighted by Crippen LogP contribution is -2.36. The molecule has 0 spiro atoms. The first kappa shape index (κ1) is 15.3. The largest absolute Gasteiger partial charge is 0.491 e. The Bertz CT molecular complexity index is 407. The summed E-state index contributed by atoms with van der Waals surface area (Å²) >= 11 is 0. The van der Waals surface area contributed by atoms with Crippen LogP contribution in [0.25, 0.3) is 0 Å². The molecule has 0 aliphatic heterocycles. The summed E-state index contributed by atoms with van der Waals surface area (Å²) < 4.78 is 5.70. The molecule has 1 aromatic rings. The van der Waals surface area contributed by atoms with Crippen molar-refractivity contribution in [1.29, 1.82) is 0 Å². The lowest BCUT2D eigenvalue weighted by Gasteiger charge is -2.23. The smallest absolute Gasteiger partial charge is 0.123 e. The van der Waals surface area contributed by atoms with Gasteiger partial charge in [0.1, 0.15) is 18.5 Å². The zero-order valence-corrected chi connectivity index (χ0v) is 12.3. The van der Waals surface area contributed by atoms with Gasteiger partial charge in [-0.05, 0) is 31.4 Å². The predicted molar refractivity (Wildman–Crippen MR) is 80.7 cm³/mol. The van der Waals surface area contributed by atoms with E-state index in [1.54, 1.807) is 0 Å². The van der Waals surface area contributed by atoms with Gasteiger partial charge in [-0.25, -0.2) is 0 Å². The van der Waals surface area contributed by atoms with E-state index in [1.807, 2.05) is 24.3 Å². The van der Waals surface area contributed by atoms with E-state index >= 15 is 0 Å². The lowest BCUT2D eigenvalue weighted by molar-refractivity contribution is 0.0681. The molecule has 4 nitrogen and oxygen atoms in total. The van der Waals surface area contributed by atoms with Crippen molar-refractivity contribution < 1.29 is 9.84 Å². The van der Waals surface area contributed by atoms with Crippen molar-refractivity contribution in [2.75, 3.05) is 26.2 Å². The monoisotopic (exact) mass is 278 g/mol. The molecule has 112 valence electrons. The number of ether oxygens (including phenoxy) is 1. The molecule has 0 heterocycles. The maximum atomic E-state index is 10.1. The van der Waals surface area contributed by atoms with Gasteiger partial charge in [0, 0.05) is 25.2 Å². The summed E-state index contributed by atoms with van der Waals surface area (Å²) in [4.78, 5) is 2.31. The summed E-state index contributed by atoms with van der Waals surface area (Å²) in [5, 5.41) is 10.1. The van der Waals surface area contributed by atoms with Crippen molar-refractivity contribution in [3.05, 3.63) is 29.8 Å². The fraction of sp³-hybridized carbons (Fsp3) is 0.625. The van der Waals surface area contributed by atoms with Crippen LogP contribution >= 0.6 is 0 Å². The Labute approximate surface area is 121 Å². The van der Waals surface area contributed by atoms with Crippen LogP contribution in [0.5, 0.6) is 5.75 Å². The first-order valence-corrected chi connectivity index (χ1v) is 7.54. The van der Waals surface area contributed by atoms with Crippen molar-refractivity contribution in [3.63, 3.8) is 0 Å². The van der Waals surface area contributed by atoms with Crippen LogP contribution in [0.4, 0.5) is 0 Å². The van der Waals surface area contributed by atoms with E-state index in [-0.39, 0.29) is 0 Å². The van der Waals surface area contributed by atoms with E-state index in [4.69, 9.17) is 10.5 Å². The Kier molecular flexibility index (Phi) is 5.83. The number of benzene rings is 1. The molecule has 1 unspecified atom stereocenters. The summed E-state index contributed by atoms with van der Waals surface area (Å²) in [5.74, 6) is 1.63. The van der Waals surface area contributed by atoms with Crippen LogP contribution in [0.15, 0.2) is 24.3 Å². The minimum absolute atomic E-state index is 0.318. The molecule has 1 aliphatic rings. The normalized spacial score (nSPS) is 16.4. The van der Waals surface area contributed by atoms with Crippen molar-refractivity contribution in [2.24, 2.45) is 11.7 Å². The predicted octanol–water partition coefficient (Wildman–Crippen LogP) is 1.62. The lowest BCUT2D eigenvalue weighted by atomic mass is 10.2. The van der Waals surface area contributed by atoms with Crippen LogP contribution < -0.4 is 10.5 Å². The fourth-order valence-electron chi connectivity index (χ4n) is 2.35. The van der Waals surface area contributed by atoms with Crippen LogP contribution in [0.2, 0.25) is 0 Å².